The first-order valence-corrected chi connectivity index (χ1v) is 6.79. The molecule has 0 unspecified atom stereocenters. The van der Waals surface area contributed by atoms with E-state index in [9.17, 15) is 17.6 Å². The lowest BCUT2D eigenvalue weighted by Gasteiger charge is -2.07. The molecule has 0 rings (SSSR count). The van der Waals surface area contributed by atoms with E-state index in [2.05, 4.69) is 39.5 Å². The predicted molar refractivity (Wildman–Crippen MR) is 93.8 cm³/mol. The number of hydrogen-bond donors (Lipinski definition) is 0. The Balaban J connectivity index is 5.30. The molecule has 0 saturated carbocycles. The normalized spacial score (nSPS) is 13.1. The first-order valence-electron chi connectivity index (χ1n) is 6.79. The van der Waals surface area contributed by atoms with Crippen molar-refractivity contribution in [1.82, 2.24) is 0 Å². The number of rotatable bonds is 8. The molecule has 0 N–H and O–H groups in total. The van der Waals surface area contributed by atoms with Crippen molar-refractivity contribution in [1.29, 1.82) is 0 Å². The summed E-state index contributed by atoms with van der Waals surface area (Å²) in [5.41, 5.74) is -0.717. The van der Waals surface area contributed by atoms with E-state index in [1.807, 2.05) is 0 Å². The van der Waals surface area contributed by atoms with Crippen LogP contribution in [0.4, 0.5) is 17.6 Å². The third-order valence-corrected chi connectivity index (χ3v) is 2.93. The van der Waals surface area contributed by atoms with E-state index < -0.39 is 23.3 Å². The van der Waals surface area contributed by atoms with Crippen LogP contribution in [0, 0.1) is 0 Å². The Hall–Kier alpha value is -2.62. The molecule has 0 nitrogen and oxygen atoms in total. The van der Waals surface area contributed by atoms with Crippen LogP contribution in [0.25, 0.3) is 0 Å². The van der Waals surface area contributed by atoms with Gasteiger partial charge in [-0.3, -0.25) is 0 Å². The van der Waals surface area contributed by atoms with Crippen molar-refractivity contribution < 1.29 is 17.6 Å². The van der Waals surface area contributed by atoms with Crippen molar-refractivity contribution in [3.63, 3.8) is 0 Å². The molecule has 0 amide bonds. The van der Waals surface area contributed by atoms with Gasteiger partial charge in [-0.15, -0.1) is 0 Å². The van der Waals surface area contributed by atoms with Crippen LogP contribution in [0.15, 0.2) is 108 Å². The van der Waals surface area contributed by atoms with Crippen LogP contribution in [-0.4, -0.2) is 0 Å². The Bertz CT molecular complexity index is 663. The number of allylic oxidation sites excluding steroid dienone is 12. The number of halogens is 4. The van der Waals surface area contributed by atoms with Crippen LogP contribution in [-0.2, 0) is 0 Å². The van der Waals surface area contributed by atoms with E-state index in [0.29, 0.717) is 0 Å². The van der Waals surface area contributed by atoms with E-state index in [1.165, 1.54) is 26.0 Å². The summed E-state index contributed by atoms with van der Waals surface area (Å²) in [7, 11) is 0. The van der Waals surface area contributed by atoms with Crippen LogP contribution in [0.2, 0.25) is 0 Å². The quantitative estimate of drug-likeness (QED) is 0.324. The fourth-order valence-corrected chi connectivity index (χ4v) is 1.32. The Kier molecular flexibility index (Phi) is 7.90. The third-order valence-electron chi connectivity index (χ3n) is 2.93. The Labute approximate surface area is 140 Å². The molecule has 0 bridgehead atoms. The highest BCUT2D eigenvalue weighted by atomic mass is 19.2. The van der Waals surface area contributed by atoms with Gasteiger partial charge in [-0.2, -0.15) is 0 Å². The minimum atomic E-state index is -1.19. The van der Waals surface area contributed by atoms with Gasteiger partial charge >= 0.3 is 0 Å². The maximum Gasteiger partial charge on any atom is 0.166 e. The van der Waals surface area contributed by atoms with Crippen molar-refractivity contribution in [2.75, 3.05) is 0 Å². The number of hydrogen-bond acceptors (Lipinski definition) is 0. The third kappa shape index (κ3) is 5.54. The van der Waals surface area contributed by atoms with Gasteiger partial charge in [-0.1, -0.05) is 51.6 Å². The average molecular weight is 336 g/mol. The largest absolute Gasteiger partial charge is 0.203 e. The standard InChI is InChI=1S/C20H20F4/c1-11(2)17(21)19(23)15(7)13(5)9-10-14(6)16(8)20(24)18(22)12(3)4/h9-10H,1,3,5-8H2,2,4H3/b10-9-,19-17-,20-18-. The lowest BCUT2D eigenvalue weighted by molar-refractivity contribution is 0.558. The zero-order chi connectivity index (χ0) is 19.2. The predicted octanol–water partition coefficient (Wildman–Crippen LogP) is 7.22. The molecule has 128 valence electrons. The van der Waals surface area contributed by atoms with E-state index in [1.54, 1.807) is 0 Å². The van der Waals surface area contributed by atoms with Crippen LogP contribution < -0.4 is 0 Å². The highest BCUT2D eigenvalue weighted by molar-refractivity contribution is 5.54. The molecule has 0 fully saturated rings. The second-order valence-corrected chi connectivity index (χ2v) is 5.16. The first-order chi connectivity index (χ1) is 10.9. The fraction of sp³-hybridized carbons (Fsp3) is 0.100. The molecule has 0 atom stereocenters. The zero-order valence-electron chi connectivity index (χ0n) is 13.9. The lowest BCUT2D eigenvalue weighted by atomic mass is 10.0. The molecule has 0 radical (unpaired) electrons. The van der Waals surface area contributed by atoms with Crippen molar-refractivity contribution in [2.24, 2.45) is 0 Å². The summed E-state index contributed by atoms with van der Waals surface area (Å²) in [6.07, 6.45) is 2.49. The fourth-order valence-electron chi connectivity index (χ4n) is 1.32. The summed E-state index contributed by atoms with van der Waals surface area (Å²) in [6, 6.07) is 0. The van der Waals surface area contributed by atoms with Crippen LogP contribution in [0.1, 0.15) is 13.8 Å². The van der Waals surface area contributed by atoms with Crippen LogP contribution in [0.3, 0.4) is 0 Å². The maximum atomic E-state index is 13.8. The SMILES string of the molecule is C=C(/C=C\C(=C)C(=C)/C(F)=C(/F)C(=C)C)C(=C)/C(F)=C(/F)C(=C)C. The average Bonchev–Trinajstić information content (AvgIpc) is 2.54. The minimum Gasteiger partial charge on any atom is -0.203 e. The van der Waals surface area contributed by atoms with E-state index >= 15 is 0 Å². The van der Waals surface area contributed by atoms with Gasteiger partial charge in [0.15, 0.2) is 23.3 Å². The second-order valence-electron chi connectivity index (χ2n) is 5.16. The van der Waals surface area contributed by atoms with Gasteiger partial charge < -0.3 is 0 Å². The maximum absolute atomic E-state index is 13.8. The van der Waals surface area contributed by atoms with Crippen LogP contribution in [0.5, 0.6) is 0 Å². The van der Waals surface area contributed by atoms with E-state index in [0.717, 1.165) is 0 Å². The highest BCUT2D eigenvalue weighted by Gasteiger charge is 2.14. The summed E-state index contributed by atoms with van der Waals surface area (Å²) in [6.45, 7) is 23.0. The minimum absolute atomic E-state index is 0.0302. The molecule has 0 aromatic carbocycles. The van der Waals surface area contributed by atoms with Crippen molar-refractivity contribution in [3.05, 3.63) is 108 Å². The molecular formula is C20H20F4. The molecule has 0 spiro atoms. The second kappa shape index (κ2) is 8.87. The highest BCUT2D eigenvalue weighted by Crippen LogP contribution is 2.28. The molecule has 0 aromatic rings. The Morgan fingerprint density at radius 3 is 1.00 bits per heavy atom. The van der Waals surface area contributed by atoms with Crippen molar-refractivity contribution in [3.8, 4) is 0 Å². The summed E-state index contributed by atoms with van der Waals surface area (Å²) in [5, 5.41) is 0. The van der Waals surface area contributed by atoms with Gasteiger partial charge in [-0.25, -0.2) is 17.6 Å². The molecule has 0 saturated heterocycles. The smallest absolute Gasteiger partial charge is 0.166 e. The summed E-state index contributed by atoms with van der Waals surface area (Å²) in [5.74, 6) is -4.65. The molecule has 4 heteroatoms. The molecule has 24 heavy (non-hydrogen) atoms. The lowest BCUT2D eigenvalue weighted by Crippen LogP contribution is -1.92. The molecule has 0 aromatic heterocycles. The molecule has 0 aliphatic carbocycles. The van der Waals surface area contributed by atoms with Gasteiger partial charge in [0.25, 0.3) is 0 Å². The van der Waals surface area contributed by atoms with Gasteiger partial charge in [0.1, 0.15) is 0 Å². The molecule has 0 aliphatic heterocycles. The molecule has 0 heterocycles. The first kappa shape index (κ1) is 21.4. The summed E-state index contributed by atoms with van der Waals surface area (Å²) >= 11 is 0. The van der Waals surface area contributed by atoms with E-state index in [-0.39, 0.29) is 33.4 Å². The van der Waals surface area contributed by atoms with E-state index in [4.69, 9.17) is 0 Å². The van der Waals surface area contributed by atoms with Crippen LogP contribution >= 0.6 is 0 Å². The summed E-state index contributed by atoms with van der Waals surface area (Å²) < 4.78 is 54.5. The topological polar surface area (TPSA) is 0 Å². The summed E-state index contributed by atoms with van der Waals surface area (Å²) in [4.78, 5) is 0. The Morgan fingerprint density at radius 2 is 0.792 bits per heavy atom. The zero-order valence-corrected chi connectivity index (χ0v) is 13.9. The van der Waals surface area contributed by atoms with Crippen molar-refractivity contribution in [2.45, 2.75) is 13.8 Å². The van der Waals surface area contributed by atoms with Crippen molar-refractivity contribution >= 4 is 0 Å². The van der Waals surface area contributed by atoms with Gasteiger partial charge in [-0.05, 0) is 36.1 Å². The Morgan fingerprint density at radius 1 is 0.542 bits per heavy atom. The molecular weight excluding hydrogens is 316 g/mol. The van der Waals surface area contributed by atoms with Gasteiger partial charge in [0.2, 0.25) is 0 Å². The van der Waals surface area contributed by atoms with Gasteiger partial charge in [0, 0.05) is 11.1 Å². The monoisotopic (exact) mass is 336 g/mol. The van der Waals surface area contributed by atoms with Gasteiger partial charge in [0.05, 0.1) is 0 Å². The molecule has 0 aliphatic rings.